The molecule has 0 nitrogen and oxygen atoms in total. The van der Waals surface area contributed by atoms with E-state index < -0.39 is 60.7 Å². The molecule has 0 fully saturated rings. The normalized spacial score (nSPS) is 8.60. The minimum atomic E-state index is -0.829. The second-order valence-electron chi connectivity index (χ2n) is 18.1. The van der Waals surface area contributed by atoms with Crippen molar-refractivity contribution in [2.24, 2.45) is 0 Å². The van der Waals surface area contributed by atoms with Crippen molar-refractivity contribution >= 4 is 60.7 Å². The van der Waals surface area contributed by atoms with Gasteiger partial charge >= 0.3 is 0 Å². The van der Waals surface area contributed by atoms with Crippen LogP contribution in [0.25, 0.3) is 0 Å². The molecule has 53 heavy (non-hydrogen) atoms. The van der Waals surface area contributed by atoms with Gasteiger partial charge in [0.15, 0.2) is 0 Å². The van der Waals surface area contributed by atoms with Crippen molar-refractivity contribution in [1.82, 2.24) is 0 Å². The standard InChI is InChI=1S/C8H24Si3.2C6H18Si2.C4H12Si.21CH4/c1-9(2,3)11(7,8)10(4,5)6;2*1-7(2,3)8(4,5)6;1-5(2,3)4;;;;;;;;;;;;;;;;;;;;;/h1-8H3;2*1-6H3;1-4H3;21*1H4. The third kappa shape index (κ3) is 101. The summed E-state index contributed by atoms with van der Waals surface area (Å²) in [5.41, 5.74) is 0. The molecule has 0 spiro atoms. The molecular formula is C45H156Si8. The molecule has 0 bridgehead atoms. The Morgan fingerprint density at radius 1 is 0.132 bits per heavy atom. The van der Waals surface area contributed by atoms with E-state index in [2.05, 4.69) is 157 Å². The zero-order chi connectivity index (χ0) is 28.0. The molecule has 0 unspecified atom stereocenters. The fraction of sp³-hybridized carbons (Fsp3) is 1.00. The van der Waals surface area contributed by atoms with Gasteiger partial charge in [0.05, 0.1) is 0 Å². The highest BCUT2D eigenvalue weighted by Crippen LogP contribution is 2.28. The maximum Gasteiger partial charge on any atom is 0.0411 e. The molecule has 0 amide bonds. The van der Waals surface area contributed by atoms with Gasteiger partial charge in [-0.25, -0.2) is 0 Å². The molecule has 0 aromatic rings. The summed E-state index contributed by atoms with van der Waals surface area (Å²) in [6.07, 6.45) is 0. The minimum absolute atomic E-state index is 0. The Labute approximate surface area is 371 Å². The van der Waals surface area contributed by atoms with E-state index in [9.17, 15) is 0 Å². The zero-order valence-corrected chi connectivity index (χ0v) is 36.0. The van der Waals surface area contributed by atoms with E-state index in [1.165, 1.54) is 0 Å². The first-order valence-electron chi connectivity index (χ1n) is 13.0. The molecule has 8 heteroatoms. The SMILES string of the molecule is C.C.C.C.C.C.C.C.C.C.C.C.C.C.C.C.C.C.C.C.C.C[Si](C)(C)C.C[Si](C)(C)[Si](C)(C)C.C[Si](C)(C)[Si](C)(C)C.C[Si](C)(C)[Si](C)(C)[Si](C)(C)C. The predicted molar refractivity (Wildman–Crippen MR) is 328 cm³/mol. The highest BCUT2D eigenvalue weighted by molar-refractivity contribution is 7.68. The highest BCUT2D eigenvalue weighted by Gasteiger charge is 2.46. The van der Waals surface area contributed by atoms with Crippen LogP contribution in [0.5, 0.6) is 0 Å². The first-order chi connectivity index (χ1) is 13.0. The quantitative estimate of drug-likeness (QED) is 0.247. The molecule has 0 atom stereocenters. The van der Waals surface area contributed by atoms with Gasteiger partial charge < -0.3 is 0 Å². The van der Waals surface area contributed by atoms with E-state index in [-0.39, 0.29) is 156 Å². The van der Waals surface area contributed by atoms with Crippen LogP contribution in [0.1, 0.15) is 156 Å². The molecule has 0 rings (SSSR count). The second kappa shape index (κ2) is 60.4. The lowest BCUT2D eigenvalue weighted by Gasteiger charge is -2.45. The summed E-state index contributed by atoms with van der Waals surface area (Å²) in [6.45, 7) is 59.5. The van der Waals surface area contributed by atoms with Crippen LogP contribution in [0.15, 0.2) is 0 Å². The van der Waals surface area contributed by atoms with Crippen LogP contribution in [-0.4, -0.2) is 60.7 Å². The summed E-state index contributed by atoms with van der Waals surface area (Å²) >= 11 is 0. The number of hydrogen-bond donors (Lipinski definition) is 0. The van der Waals surface area contributed by atoms with E-state index in [0.717, 1.165) is 0 Å². The van der Waals surface area contributed by atoms with E-state index in [1.807, 2.05) is 0 Å². The maximum atomic E-state index is 2.62. The predicted octanol–water partition coefficient (Wildman–Crippen LogP) is 24.3. The summed E-state index contributed by atoms with van der Waals surface area (Å²) in [5, 5.41) is 0. The fourth-order valence-corrected chi connectivity index (χ4v) is 30.4. The van der Waals surface area contributed by atoms with Crippen molar-refractivity contribution in [3.63, 3.8) is 0 Å². The molecule has 0 radical (unpaired) electrons. The van der Waals surface area contributed by atoms with Crippen LogP contribution in [0.4, 0.5) is 0 Å². The maximum absolute atomic E-state index is 2.62. The summed E-state index contributed by atoms with van der Waals surface area (Å²) in [5.74, 6) is 0. The van der Waals surface area contributed by atoms with E-state index in [0.29, 0.717) is 0 Å². The Balaban J connectivity index is -0.00000000770. The number of rotatable bonds is 4. The average Bonchev–Trinajstić information content (AvgIpc) is 2.29. The topological polar surface area (TPSA) is 0 Å². The zero-order valence-electron chi connectivity index (χ0n) is 28.0. The van der Waals surface area contributed by atoms with Crippen LogP contribution < -0.4 is 0 Å². The molecule has 0 heterocycles. The first-order valence-corrected chi connectivity index (χ1v) is 45.0. The van der Waals surface area contributed by atoms with Gasteiger partial charge in [0.25, 0.3) is 0 Å². The minimum Gasteiger partial charge on any atom is -0.0776 e. The van der Waals surface area contributed by atoms with Crippen molar-refractivity contribution in [2.45, 2.75) is 313 Å². The Kier molecular flexibility index (Phi) is 204. The second-order valence-corrected chi connectivity index (χ2v) is 90.4. The monoisotopic (exact) mass is 921 g/mol. The molecule has 368 valence electrons. The van der Waals surface area contributed by atoms with E-state index in [4.69, 9.17) is 0 Å². The third-order valence-electron chi connectivity index (χ3n) is 8.25. The fourth-order valence-electron chi connectivity index (χ4n) is 1.12. The van der Waals surface area contributed by atoms with Gasteiger partial charge in [-0.15, -0.1) is 0 Å². The third-order valence-corrected chi connectivity index (χ3v) is 87.8. The van der Waals surface area contributed by atoms with E-state index >= 15 is 0 Å². The summed E-state index contributed by atoms with van der Waals surface area (Å²) in [7, 11) is -5.96. The van der Waals surface area contributed by atoms with Crippen LogP contribution in [0.3, 0.4) is 0 Å². The lowest BCUT2D eigenvalue weighted by Crippen LogP contribution is -2.67. The summed E-state index contributed by atoms with van der Waals surface area (Å²) in [6, 6.07) is 0. The van der Waals surface area contributed by atoms with Crippen molar-refractivity contribution in [3.05, 3.63) is 0 Å². The molecule has 0 saturated heterocycles. The summed E-state index contributed by atoms with van der Waals surface area (Å²) < 4.78 is 0. The molecule has 0 aromatic heterocycles. The largest absolute Gasteiger partial charge is 0.0776 e. The van der Waals surface area contributed by atoms with Crippen LogP contribution in [0, 0.1) is 0 Å². The summed E-state index contributed by atoms with van der Waals surface area (Å²) in [4.78, 5) is 0. The van der Waals surface area contributed by atoms with Gasteiger partial charge in [-0.05, 0) is 0 Å². The lowest BCUT2D eigenvalue weighted by atomic mass is 11.8. The molecule has 0 saturated carbocycles. The first kappa shape index (κ1) is 179. The lowest BCUT2D eigenvalue weighted by molar-refractivity contribution is 1.71. The highest BCUT2D eigenvalue weighted by atomic mass is 29.6. The molecule has 0 aromatic carbocycles. The van der Waals surface area contributed by atoms with Gasteiger partial charge in [-0.3, -0.25) is 0 Å². The van der Waals surface area contributed by atoms with Crippen molar-refractivity contribution < 1.29 is 0 Å². The molecule has 0 N–H and O–H groups in total. The van der Waals surface area contributed by atoms with Gasteiger partial charge in [0.2, 0.25) is 0 Å². The Hall–Kier alpha value is 1.74. The van der Waals surface area contributed by atoms with Crippen LogP contribution in [0.2, 0.25) is 157 Å². The van der Waals surface area contributed by atoms with Crippen LogP contribution >= 0.6 is 0 Å². The van der Waals surface area contributed by atoms with Crippen LogP contribution in [-0.2, 0) is 0 Å². The van der Waals surface area contributed by atoms with Gasteiger partial charge in [0.1, 0.15) is 0 Å². The van der Waals surface area contributed by atoms with Gasteiger partial charge in [-0.1, -0.05) is 313 Å². The van der Waals surface area contributed by atoms with Crippen molar-refractivity contribution in [2.75, 3.05) is 0 Å². The Bertz CT molecular complexity index is 428. The Morgan fingerprint density at radius 3 is 0.189 bits per heavy atom. The van der Waals surface area contributed by atoms with Gasteiger partial charge in [-0.2, -0.15) is 0 Å². The Morgan fingerprint density at radius 2 is 0.189 bits per heavy atom. The molecule has 0 aliphatic heterocycles. The smallest absolute Gasteiger partial charge is 0.0411 e. The molecule has 0 aliphatic carbocycles. The van der Waals surface area contributed by atoms with E-state index in [1.54, 1.807) is 0 Å². The van der Waals surface area contributed by atoms with Crippen molar-refractivity contribution in [3.8, 4) is 0 Å². The average molecular weight is 922 g/mol. The molecule has 0 aliphatic rings. The molecular weight excluding hydrogens is 765 g/mol. The van der Waals surface area contributed by atoms with Gasteiger partial charge in [0, 0.05) is 60.7 Å². The number of hydrogen-bond acceptors (Lipinski definition) is 0. The van der Waals surface area contributed by atoms with Crippen molar-refractivity contribution in [1.29, 1.82) is 0 Å².